The van der Waals surface area contributed by atoms with Crippen LogP contribution in [0.1, 0.15) is 16.8 Å². The molecule has 1 aliphatic heterocycles. The minimum absolute atomic E-state index is 0. The van der Waals surface area contributed by atoms with Crippen molar-refractivity contribution in [3.63, 3.8) is 0 Å². The molecule has 1 atom stereocenters. The van der Waals surface area contributed by atoms with Crippen LogP contribution in [-0.4, -0.2) is 48.9 Å². The highest BCUT2D eigenvalue weighted by Crippen LogP contribution is 2.16. The van der Waals surface area contributed by atoms with Crippen molar-refractivity contribution >= 4 is 40.0 Å². The van der Waals surface area contributed by atoms with Crippen LogP contribution in [-0.2, 0) is 9.53 Å². The lowest BCUT2D eigenvalue weighted by Gasteiger charge is -2.15. The average Bonchev–Trinajstić information content (AvgIpc) is 2.93. The number of halogens is 2. The fourth-order valence-corrected chi connectivity index (χ4v) is 2.42. The number of ketones is 1. The summed E-state index contributed by atoms with van der Waals surface area (Å²) in [5, 5.41) is 0. The van der Waals surface area contributed by atoms with Gasteiger partial charge in [0.15, 0.2) is 0 Å². The summed E-state index contributed by atoms with van der Waals surface area (Å²) in [5.41, 5.74) is 5.78. The van der Waals surface area contributed by atoms with Crippen molar-refractivity contribution in [2.75, 3.05) is 26.2 Å². The van der Waals surface area contributed by atoms with Gasteiger partial charge in [0.05, 0.1) is 12.7 Å². The standard InChI is InChI=1S/C14H17BrN2O3.ClH/c15-11-3-1-10(2-4-11)13(18)14(19)17-7-5-12(9-17)20-8-6-16;/h1-4,12H,5-9,16H2;1H. The van der Waals surface area contributed by atoms with Crippen LogP contribution in [0.2, 0.25) is 0 Å². The molecule has 1 aromatic carbocycles. The topological polar surface area (TPSA) is 72.6 Å². The van der Waals surface area contributed by atoms with Gasteiger partial charge in [0, 0.05) is 29.7 Å². The first-order chi connectivity index (χ1) is 9.61. The lowest BCUT2D eigenvalue weighted by Crippen LogP contribution is -2.35. The second kappa shape index (κ2) is 8.48. The molecule has 0 aromatic heterocycles. The Kier molecular flexibility index (Phi) is 7.31. The highest BCUT2D eigenvalue weighted by molar-refractivity contribution is 9.10. The first-order valence-electron chi connectivity index (χ1n) is 6.52. The van der Waals surface area contributed by atoms with Crippen LogP contribution < -0.4 is 5.73 Å². The predicted molar refractivity (Wildman–Crippen MR) is 85.7 cm³/mol. The largest absolute Gasteiger partial charge is 0.375 e. The number of Topliss-reactive ketones (excluding diaryl/α,β-unsaturated/α-hetero) is 1. The van der Waals surface area contributed by atoms with Crippen molar-refractivity contribution in [2.24, 2.45) is 5.73 Å². The molecule has 116 valence electrons. The lowest BCUT2D eigenvalue weighted by molar-refractivity contribution is -0.125. The minimum atomic E-state index is -0.475. The Hall–Kier alpha value is -0.950. The van der Waals surface area contributed by atoms with E-state index in [9.17, 15) is 9.59 Å². The number of hydrogen-bond acceptors (Lipinski definition) is 4. The van der Waals surface area contributed by atoms with E-state index >= 15 is 0 Å². The van der Waals surface area contributed by atoms with E-state index in [1.165, 1.54) is 0 Å². The zero-order valence-electron chi connectivity index (χ0n) is 11.5. The van der Waals surface area contributed by atoms with Gasteiger partial charge in [-0.25, -0.2) is 0 Å². The van der Waals surface area contributed by atoms with Gasteiger partial charge >= 0.3 is 0 Å². The van der Waals surface area contributed by atoms with Crippen LogP contribution in [0.5, 0.6) is 0 Å². The van der Waals surface area contributed by atoms with E-state index < -0.39 is 11.7 Å². The normalized spacial score (nSPS) is 17.4. The van der Waals surface area contributed by atoms with Gasteiger partial charge < -0.3 is 15.4 Å². The summed E-state index contributed by atoms with van der Waals surface area (Å²) in [4.78, 5) is 25.8. The summed E-state index contributed by atoms with van der Waals surface area (Å²) in [6, 6.07) is 6.78. The zero-order chi connectivity index (χ0) is 14.5. The van der Waals surface area contributed by atoms with E-state index in [1.807, 2.05) is 0 Å². The SMILES string of the molecule is Cl.NCCOC1CCN(C(=O)C(=O)c2ccc(Br)cc2)C1. The van der Waals surface area contributed by atoms with Gasteiger partial charge in [0.2, 0.25) is 5.78 Å². The molecule has 0 radical (unpaired) electrons. The first-order valence-corrected chi connectivity index (χ1v) is 7.32. The molecule has 0 bridgehead atoms. The quantitative estimate of drug-likeness (QED) is 0.625. The van der Waals surface area contributed by atoms with Gasteiger partial charge in [0.25, 0.3) is 5.91 Å². The molecule has 21 heavy (non-hydrogen) atoms. The van der Waals surface area contributed by atoms with E-state index in [-0.39, 0.29) is 18.5 Å². The number of ether oxygens (including phenoxy) is 1. The molecule has 0 spiro atoms. The van der Waals surface area contributed by atoms with Crippen molar-refractivity contribution in [3.05, 3.63) is 34.3 Å². The summed E-state index contributed by atoms with van der Waals surface area (Å²) >= 11 is 3.30. The van der Waals surface area contributed by atoms with Crippen LogP contribution in [0, 0.1) is 0 Å². The molecular formula is C14H18BrClN2O3. The molecule has 0 saturated carbocycles. The van der Waals surface area contributed by atoms with Crippen molar-refractivity contribution in [2.45, 2.75) is 12.5 Å². The van der Waals surface area contributed by atoms with E-state index in [1.54, 1.807) is 29.2 Å². The third-order valence-corrected chi connectivity index (χ3v) is 3.73. The Balaban J connectivity index is 0.00000220. The molecule has 1 heterocycles. The fraction of sp³-hybridized carbons (Fsp3) is 0.429. The maximum absolute atomic E-state index is 12.1. The van der Waals surface area contributed by atoms with Gasteiger partial charge in [0.1, 0.15) is 0 Å². The Bertz CT molecular complexity index is 495. The number of carbonyl (C=O) groups is 2. The van der Waals surface area contributed by atoms with Gasteiger partial charge in [-0.15, -0.1) is 12.4 Å². The minimum Gasteiger partial charge on any atom is -0.375 e. The number of hydrogen-bond donors (Lipinski definition) is 1. The maximum atomic E-state index is 12.1. The number of nitrogens with zero attached hydrogens (tertiary/aromatic N) is 1. The molecular weight excluding hydrogens is 360 g/mol. The van der Waals surface area contributed by atoms with E-state index in [2.05, 4.69) is 15.9 Å². The number of rotatable bonds is 5. The number of amides is 1. The maximum Gasteiger partial charge on any atom is 0.295 e. The van der Waals surface area contributed by atoms with Gasteiger partial charge in [-0.3, -0.25) is 9.59 Å². The molecule has 2 N–H and O–H groups in total. The molecule has 2 rings (SSSR count). The van der Waals surface area contributed by atoms with Crippen LogP contribution in [0.15, 0.2) is 28.7 Å². The third kappa shape index (κ3) is 4.78. The molecule has 1 aliphatic rings. The van der Waals surface area contributed by atoms with E-state index in [0.29, 0.717) is 31.8 Å². The molecule has 7 heteroatoms. The van der Waals surface area contributed by atoms with Crippen molar-refractivity contribution < 1.29 is 14.3 Å². The molecule has 1 unspecified atom stereocenters. The summed E-state index contributed by atoms with van der Waals surface area (Å²) in [5.74, 6) is -0.942. The number of carbonyl (C=O) groups excluding carboxylic acids is 2. The van der Waals surface area contributed by atoms with Crippen molar-refractivity contribution in [1.82, 2.24) is 4.90 Å². The van der Waals surface area contributed by atoms with Crippen LogP contribution in [0.3, 0.4) is 0 Å². The van der Waals surface area contributed by atoms with Gasteiger partial charge in [-0.1, -0.05) is 15.9 Å². The Morgan fingerprint density at radius 2 is 2.00 bits per heavy atom. The average molecular weight is 378 g/mol. The van der Waals surface area contributed by atoms with Crippen molar-refractivity contribution in [1.29, 1.82) is 0 Å². The third-order valence-electron chi connectivity index (χ3n) is 3.20. The highest BCUT2D eigenvalue weighted by atomic mass is 79.9. The van der Waals surface area contributed by atoms with Crippen LogP contribution >= 0.6 is 28.3 Å². The Morgan fingerprint density at radius 1 is 1.33 bits per heavy atom. The lowest BCUT2D eigenvalue weighted by atomic mass is 10.1. The molecule has 1 fully saturated rings. The monoisotopic (exact) mass is 376 g/mol. The summed E-state index contributed by atoms with van der Waals surface area (Å²) in [6.07, 6.45) is 0.736. The molecule has 5 nitrogen and oxygen atoms in total. The zero-order valence-corrected chi connectivity index (χ0v) is 13.9. The second-order valence-corrected chi connectivity index (χ2v) is 5.57. The Morgan fingerprint density at radius 3 is 2.62 bits per heavy atom. The predicted octanol–water partition coefficient (Wildman–Crippen LogP) is 1.63. The fourth-order valence-electron chi connectivity index (χ4n) is 2.15. The second-order valence-electron chi connectivity index (χ2n) is 4.66. The molecule has 1 saturated heterocycles. The van der Waals surface area contributed by atoms with Gasteiger partial charge in [-0.2, -0.15) is 0 Å². The van der Waals surface area contributed by atoms with Crippen molar-refractivity contribution in [3.8, 4) is 0 Å². The van der Waals surface area contributed by atoms with E-state index in [0.717, 1.165) is 10.9 Å². The van der Waals surface area contributed by atoms with Crippen LogP contribution in [0.25, 0.3) is 0 Å². The molecule has 0 aliphatic carbocycles. The molecule has 1 aromatic rings. The summed E-state index contributed by atoms with van der Waals surface area (Å²) < 4.78 is 6.37. The smallest absolute Gasteiger partial charge is 0.295 e. The first kappa shape index (κ1) is 18.1. The highest BCUT2D eigenvalue weighted by Gasteiger charge is 2.30. The van der Waals surface area contributed by atoms with E-state index in [4.69, 9.17) is 10.5 Å². The summed E-state index contributed by atoms with van der Waals surface area (Å²) in [7, 11) is 0. The van der Waals surface area contributed by atoms with Gasteiger partial charge in [-0.05, 0) is 30.7 Å². The Labute approximate surface area is 138 Å². The number of nitrogens with two attached hydrogens (primary N) is 1. The van der Waals surface area contributed by atoms with Crippen LogP contribution in [0.4, 0.5) is 0 Å². The number of benzene rings is 1. The molecule has 1 amide bonds. The summed E-state index contributed by atoms with van der Waals surface area (Å²) in [6.45, 7) is 1.95. The number of likely N-dealkylation sites (tertiary alicyclic amines) is 1.